The van der Waals surface area contributed by atoms with E-state index in [4.69, 9.17) is 0 Å². The molecule has 0 amide bonds. The highest BCUT2D eigenvalue weighted by Crippen LogP contribution is 2.22. The van der Waals surface area contributed by atoms with Crippen molar-refractivity contribution in [1.82, 2.24) is 9.97 Å². The predicted molar refractivity (Wildman–Crippen MR) is 94.4 cm³/mol. The third-order valence-corrected chi connectivity index (χ3v) is 4.71. The topological polar surface area (TPSA) is 85.0 Å². The number of nitriles is 1. The van der Waals surface area contributed by atoms with Crippen LogP contribution in [0.4, 0.5) is 0 Å². The van der Waals surface area contributed by atoms with Crippen molar-refractivity contribution < 1.29 is 4.55 Å². The summed E-state index contributed by atoms with van der Waals surface area (Å²) in [5.41, 5.74) is 1.58. The molecule has 0 aliphatic rings. The van der Waals surface area contributed by atoms with E-state index in [2.05, 4.69) is 30.3 Å². The number of hydrogen-bond donors (Lipinski definition) is 0. The molecule has 0 spiro atoms. The molecule has 118 valence electrons. The number of halogens is 1. The highest BCUT2D eigenvalue weighted by atomic mass is 79.9. The van der Waals surface area contributed by atoms with Crippen LogP contribution in [0.3, 0.4) is 0 Å². The fraction of sp³-hybridized carbons (Fsp3) is 0.250. The molecule has 0 radical (unpaired) electrons. The third kappa shape index (κ3) is 4.38. The van der Waals surface area contributed by atoms with Gasteiger partial charge in [-0.25, -0.2) is 9.97 Å². The Morgan fingerprint density at radius 3 is 2.61 bits per heavy atom. The minimum Gasteiger partial charge on any atom is -0.591 e. The minimum absolute atomic E-state index is 0.150. The Bertz CT molecular complexity index is 780. The average Bonchev–Trinajstić information content (AvgIpc) is 2.51. The number of rotatable bonds is 3. The van der Waals surface area contributed by atoms with E-state index in [1.807, 2.05) is 51.1 Å². The molecule has 1 atom stereocenters. The van der Waals surface area contributed by atoms with Crippen molar-refractivity contribution in [2.24, 2.45) is 4.40 Å². The standard InChI is InChI=1S/C16H15BrN4OS/c1-16(2,3)23(22)21-14(11-5-4-6-12(17)9-11)15-13(10-18)19-7-8-20-15/h4-9H,1-3H3. The first-order valence-corrected chi connectivity index (χ1v) is 8.71. The zero-order valence-corrected chi connectivity index (χ0v) is 15.3. The number of nitrogens with zero attached hydrogens (tertiary/aromatic N) is 4. The van der Waals surface area contributed by atoms with E-state index in [1.165, 1.54) is 12.4 Å². The van der Waals surface area contributed by atoms with Crippen LogP contribution >= 0.6 is 15.9 Å². The lowest BCUT2D eigenvalue weighted by Crippen LogP contribution is -2.27. The Hall–Kier alpha value is -1.75. The third-order valence-electron chi connectivity index (χ3n) is 2.82. The van der Waals surface area contributed by atoms with Crippen LogP contribution in [0.5, 0.6) is 0 Å². The van der Waals surface area contributed by atoms with Crippen molar-refractivity contribution in [3.63, 3.8) is 0 Å². The molecule has 0 bridgehead atoms. The Morgan fingerprint density at radius 1 is 1.30 bits per heavy atom. The van der Waals surface area contributed by atoms with Gasteiger partial charge in [-0.1, -0.05) is 32.5 Å². The SMILES string of the molecule is CC(C)(C)[S+]([O-])N=C(c1cccc(Br)c1)c1nccnc1C#N. The minimum atomic E-state index is -1.49. The van der Waals surface area contributed by atoms with Crippen LogP contribution in [0.1, 0.15) is 37.7 Å². The molecule has 0 aliphatic carbocycles. The summed E-state index contributed by atoms with van der Waals surface area (Å²) < 4.78 is 17.2. The molecule has 5 nitrogen and oxygen atoms in total. The molecule has 0 fully saturated rings. The molecule has 0 aliphatic heterocycles. The van der Waals surface area contributed by atoms with Crippen molar-refractivity contribution in [2.45, 2.75) is 25.5 Å². The van der Waals surface area contributed by atoms with Gasteiger partial charge >= 0.3 is 0 Å². The maximum Gasteiger partial charge on any atom is 0.168 e. The van der Waals surface area contributed by atoms with Crippen LogP contribution in [0.25, 0.3) is 0 Å². The summed E-state index contributed by atoms with van der Waals surface area (Å²) in [5.74, 6) is 0. The first-order valence-electron chi connectivity index (χ1n) is 6.81. The van der Waals surface area contributed by atoms with Crippen LogP contribution < -0.4 is 0 Å². The van der Waals surface area contributed by atoms with Crippen molar-refractivity contribution >= 4 is 33.0 Å². The van der Waals surface area contributed by atoms with E-state index in [0.29, 0.717) is 17.0 Å². The molecule has 0 saturated heterocycles. The van der Waals surface area contributed by atoms with Gasteiger partial charge in [0, 0.05) is 22.4 Å². The smallest absolute Gasteiger partial charge is 0.168 e. The quantitative estimate of drug-likeness (QED) is 0.593. The number of aromatic nitrogens is 2. The number of benzene rings is 1. The van der Waals surface area contributed by atoms with Crippen LogP contribution in [0.2, 0.25) is 0 Å². The molecule has 1 aromatic heterocycles. The Morgan fingerprint density at radius 2 is 2.00 bits per heavy atom. The van der Waals surface area contributed by atoms with E-state index < -0.39 is 16.1 Å². The molecular weight excluding hydrogens is 376 g/mol. The van der Waals surface area contributed by atoms with E-state index in [1.54, 1.807) is 0 Å². The summed E-state index contributed by atoms with van der Waals surface area (Å²) >= 11 is 1.92. The van der Waals surface area contributed by atoms with Gasteiger partial charge in [-0.2, -0.15) is 5.26 Å². The van der Waals surface area contributed by atoms with Gasteiger partial charge in [-0.05, 0) is 32.9 Å². The maximum absolute atomic E-state index is 12.5. The van der Waals surface area contributed by atoms with Crippen LogP contribution in [0, 0.1) is 11.3 Å². The van der Waals surface area contributed by atoms with Gasteiger partial charge < -0.3 is 4.55 Å². The summed E-state index contributed by atoms with van der Waals surface area (Å²) in [7, 11) is 0. The first kappa shape index (κ1) is 17.6. The lowest BCUT2D eigenvalue weighted by molar-refractivity contribution is 0.561. The van der Waals surface area contributed by atoms with Gasteiger partial charge in [0.2, 0.25) is 0 Å². The Kier molecular flexibility index (Phi) is 5.52. The van der Waals surface area contributed by atoms with Gasteiger partial charge in [-0.3, -0.25) is 0 Å². The normalized spacial score (nSPS) is 13.5. The van der Waals surface area contributed by atoms with Crippen molar-refractivity contribution in [1.29, 1.82) is 5.26 Å². The van der Waals surface area contributed by atoms with Crippen molar-refractivity contribution in [2.75, 3.05) is 0 Å². The molecule has 2 aromatic rings. The Balaban J connectivity index is 2.66. The monoisotopic (exact) mass is 390 g/mol. The van der Waals surface area contributed by atoms with Crippen LogP contribution in [-0.2, 0) is 11.4 Å². The van der Waals surface area contributed by atoms with Gasteiger partial charge in [0.05, 0.1) is 0 Å². The molecule has 1 heterocycles. The zero-order chi connectivity index (χ0) is 17.0. The molecule has 0 saturated carbocycles. The van der Waals surface area contributed by atoms with E-state index in [0.717, 1.165) is 4.47 Å². The molecule has 2 rings (SSSR count). The fourth-order valence-electron chi connectivity index (χ4n) is 1.68. The van der Waals surface area contributed by atoms with Gasteiger partial charge in [0.15, 0.2) is 5.69 Å². The second-order valence-corrected chi connectivity index (χ2v) is 8.50. The summed E-state index contributed by atoms with van der Waals surface area (Å²) in [6.07, 6.45) is 2.94. The molecular formula is C16H15BrN4OS. The molecule has 1 unspecified atom stereocenters. The van der Waals surface area contributed by atoms with Gasteiger partial charge in [0.1, 0.15) is 33.6 Å². The lowest BCUT2D eigenvalue weighted by Gasteiger charge is -2.19. The maximum atomic E-state index is 12.5. The van der Waals surface area contributed by atoms with Gasteiger partial charge in [0.25, 0.3) is 0 Å². The van der Waals surface area contributed by atoms with Crippen LogP contribution in [0.15, 0.2) is 45.5 Å². The summed E-state index contributed by atoms with van der Waals surface area (Å²) in [5, 5.41) is 9.27. The second-order valence-electron chi connectivity index (χ2n) is 5.68. The fourth-order valence-corrected chi connectivity index (χ4v) is 2.71. The second kappa shape index (κ2) is 7.21. The summed E-state index contributed by atoms with van der Waals surface area (Å²) in [4.78, 5) is 8.25. The zero-order valence-electron chi connectivity index (χ0n) is 12.9. The molecule has 7 heteroatoms. The largest absolute Gasteiger partial charge is 0.591 e. The van der Waals surface area contributed by atoms with Gasteiger partial charge in [-0.15, -0.1) is 0 Å². The van der Waals surface area contributed by atoms with Crippen LogP contribution in [-0.4, -0.2) is 25.0 Å². The summed E-state index contributed by atoms with van der Waals surface area (Å²) in [6.45, 7) is 5.52. The highest BCUT2D eigenvalue weighted by Gasteiger charge is 2.29. The van der Waals surface area contributed by atoms with Crippen molar-refractivity contribution in [3.05, 3.63) is 58.1 Å². The first-order chi connectivity index (χ1) is 10.8. The average molecular weight is 391 g/mol. The van der Waals surface area contributed by atoms with Crippen molar-refractivity contribution in [3.8, 4) is 6.07 Å². The van der Waals surface area contributed by atoms with E-state index >= 15 is 0 Å². The molecule has 1 aromatic carbocycles. The highest BCUT2D eigenvalue weighted by molar-refractivity contribution is 9.10. The van der Waals surface area contributed by atoms with E-state index in [-0.39, 0.29) is 5.69 Å². The van der Waals surface area contributed by atoms with E-state index in [9.17, 15) is 9.81 Å². The summed E-state index contributed by atoms with van der Waals surface area (Å²) in [6, 6.07) is 9.41. The Labute approximate surface area is 147 Å². The lowest BCUT2D eigenvalue weighted by atomic mass is 10.1. The predicted octanol–water partition coefficient (Wildman–Crippen LogP) is 3.41. The molecule has 0 N–H and O–H groups in total. The number of hydrogen-bond acceptors (Lipinski definition) is 5. The molecule has 23 heavy (non-hydrogen) atoms.